The molecule has 0 saturated carbocycles. The molecule has 2 aromatic heterocycles. The summed E-state index contributed by atoms with van der Waals surface area (Å²) in [7, 11) is 0. The van der Waals surface area contributed by atoms with Crippen LogP contribution in [0.1, 0.15) is 63.3 Å². The smallest absolute Gasteiger partial charge is 0.235 e. The maximum Gasteiger partial charge on any atom is 0.235 e. The number of hydrogen-bond acceptors (Lipinski definition) is 3. The van der Waals surface area contributed by atoms with Gasteiger partial charge in [0.1, 0.15) is 6.04 Å². The summed E-state index contributed by atoms with van der Waals surface area (Å²) in [5.41, 5.74) is 3.64. The highest BCUT2D eigenvalue weighted by atomic mass is 16.3. The average Bonchev–Trinajstić information content (AvgIpc) is 3.27. The summed E-state index contributed by atoms with van der Waals surface area (Å²) in [5.74, 6) is 0.731. The van der Waals surface area contributed by atoms with Gasteiger partial charge in [0.25, 0.3) is 0 Å². The fourth-order valence-electron chi connectivity index (χ4n) is 3.63. The van der Waals surface area contributed by atoms with Crippen molar-refractivity contribution in [2.75, 3.05) is 0 Å². The molecule has 0 bridgehead atoms. The summed E-state index contributed by atoms with van der Waals surface area (Å²) in [5, 5.41) is 2.00. The molecule has 5 nitrogen and oxygen atoms in total. The molecule has 0 unspecified atom stereocenters. The molecule has 2 atom stereocenters. The number of quaternary nitrogens is 1. The van der Waals surface area contributed by atoms with Crippen molar-refractivity contribution in [1.29, 1.82) is 0 Å². The lowest BCUT2D eigenvalue weighted by Crippen LogP contribution is -2.92. The Labute approximate surface area is 158 Å². The maximum atomic E-state index is 13.1. The van der Waals surface area contributed by atoms with Gasteiger partial charge in [0.2, 0.25) is 5.78 Å². The molecule has 0 amide bonds. The molecule has 140 valence electrons. The lowest BCUT2D eigenvalue weighted by Gasteiger charge is -2.18. The third-order valence-corrected chi connectivity index (χ3v) is 4.94. The number of carbonyl (C=O) groups is 2. The average molecular weight is 365 g/mol. The minimum absolute atomic E-state index is 0.0319. The number of ketones is 2. The van der Waals surface area contributed by atoms with Crippen LogP contribution in [-0.4, -0.2) is 22.6 Å². The number of nitrogens with one attached hydrogen (secondary N) is 1. The van der Waals surface area contributed by atoms with Crippen molar-refractivity contribution < 1.29 is 19.3 Å². The van der Waals surface area contributed by atoms with Crippen molar-refractivity contribution >= 4 is 11.6 Å². The van der Waals surface area contributed by atoms with E-state index in [9.17, 15) is 9.59 Å². The summed E-state index contributed by atoms with van der Waals surface area (Å²) in [6.45, 7) is 7.05. The standard InChI is InChI=1S/C22H24N2O3/c1-13-19(16(4)25)14(2)23-20(13)22(26)15(3)24-21(18-11-8-12-27-18)17-9-6-5-7-10-17/h5-12,15,21,23-24H,1-4H3/p+1/t15-,21-/m1/s1. The van der Waals surface area contributed by atoms with Crippen LogP contribution in [0.15, 0.2) is 53.1 Å². The highest BCUT2D eigenvalue weighted by molar-refractivity contribution is 6.04. The van der Waals surface area contributed by atoms with Crippen molar-refractivity contribution in [2.45, 2.75) is 39.8 Å². The molecule has 5 heteroatoms. The van der Waals surface area contributed by atoms with E-state index in [0.29, 0.717) is 11.3 Å². The highest BCUT2D eigenvalue weighted by Gasteiger charge is 2.30. The SMILES string of the molecule is CC(=O)c1c(C)[nH]c(C(=O)[C@@H](C)[NH2+][C@H](c2ccccc2)c2ccco2)c1C. The predicted octanol–water partition coefficient (Wildman–Crippen LogP) is 3.35. The number of aromatic nitrogens is 1. The molecule has 0 spiro atoms. The Kier molecular flexibility index (Phi) is 5.42. The van der Waals surface area contributed by atoms with E-state index in [1.807, 2.05) is 68.6 Å². The largest absolute Gasteiger partial charge is 0.463 e. The fourth-order valence-corrected chi connectivity index (χ4v) is 3.63. The Hall–Kier alpha value is -2.92. The van der Waals surface area contributed by atoms with Gasteiger partial charge >= 0.3 is 0 Å². The Morgan fingerprint density at radius 1 is 1.07 bits per heavy atom. The number of Topliss-reactive ketones (excluding diaryl/α,β-unsaturated/α-hetero) is 2. The first-order valence-electron chi connectivity index (χ1n) is 9.07. The second-order valence-electron chi connectivity index (χ2n) is 6.93. The van der Waals surface area contributed by atoms with Crippen LogP contribution >= 0.6 is 0 Å². The zero-order valence-electron chi connectivity index (χ0n) is 16.1. The molecule has 0 aliphatic carbocycles. The van der Waals surface area contributed by atoms with E-state index < -0.39 is 0 Å². The Bertz CT molecular complexity index is 940. The van der Waals surface area contributed by atoms with Crippen LogP contribution in [0.5, 0.6) is 0 Å². The van der Waals surface area contributed by atoms with E-state index in [4.69, 9.17) is 4.42 Å². The van der Waals surface area contributed by atoms with Gasteiger partial charge in [-0.1, -0.05) is 30.3 Å². The van der Waals surface area contributed by atoms with E-state index in [1.54, 1.807) is 6.26 Å². The van der Waals surface area contributed by atoms with Crippen LogP contribution in [0.25, 0.3) is 0 Å². The summed E-state index contributed by atoms with van der Waals surface area (Å²) in [6, 6.07) is 13.3. The molecule has 2 heterocycles. The van der Waals surface area contributed by atoms with Crippen LogP contribution in [-0.2, 0) is 0 Å². The summed E-state index contributed by atoms with van der Waals surface area (Å²) in [4.78, 5) is 28.1. The van der Waals surface area contributed by atoms with Gasteiger partial charge in [0.05, 0.1) is 12.0 Å². The van der Waals surface area contributed by atoms with Crippen molar-refractivity contribution in [2.24, 2.45) is 0 Å². The van der Waals surface area contributed by atoms with E-state index in [2.05, 4.69) is 4.98 Å². The second kappa shape index (κ2) is 7.76. The third kappa shape index (κ3) is 3.78. The van der Waals surface area contributed by atoms with Gasteiger partial charge in [0.15, 0.2) is 17.6 Å². The quantitative estimate of drug-likeness (QED) is 0.630. The van der Waals surface area contributed by atoms with Crippen LogP contribution in [0.4, 0.5) is 0 Å². The minimum Gasteiger partial charge on any atom is -0.463 e. The van der Waals surface area contributed by atoms with Crippen LogP contribution < -0.4 is 5.32 Å². The first-order valence-corrected chi connectivity index (χ1v) is 9.07. The van der Waals surface area contributed by atoms with Crippen LogP contribution in [0.2, 0.25) is 0 Å². The molecule has 0 aliphatic heterocycles. The number of nitrogens with two attached hydrogens (primary N) is 1. The van der Waals surface area contributed by atoms with Crippen molar-refractivity contribution in [3.63, 3.8) is 0 Å². The number of H-pyrrole nitrogens is 1. The van der Waals surface area contributed by atoms with Crippen molar-refractivity contribution in [3.8, 4) is 0 Å². The van der Waals surface area contributed by atoms with E-state index in [1.165, 1.54) is 6.92 Å². The second-order valence-corrected chi connectivity index (χ2v) is 6.93. The van der Waals surface area contributed by atoms with Crippen molar-refractivity contribution in [3.05, 3.63) is 82.6 Å². The number of carbonyl (C=O) groups excluding carboxylic acids is 2. The number of rotatable bonds is 7. The van der Waals surface area contributed by atoms with Gasteiger partial charge in [-0.3, -0.25) is 9.59 Å². The highest BCUT2D eigenvalue weighted by Crippen LogP contribution is 2.21. The molecular formula is C22H25N2O3+. The van der Waals surface area contributed by atoms with Gasteiger partial charge in [-0.05, 0) is 45.4 Å². The van der Waals surface area contributed by atoms with E-state index >= 15 is 0 Å². The third-order valence-electron chi connectivity index (χ3n) is 4.94. The maximum absolute atomic E-state index is 13.1. The van der Waals surface area contributed by atoms with E-state index in [-0.39, 0.29) is 23.7 Å². The molecule has 0 aliphatic rings. The molecular weight excluding hydrogens is 340 g/mol. The van der Waals surface area contributed by atoms with Crippen molar-refractivity contribution in [1.82, 2.24) is 4.98 Å². The minimum atomic E-state index is -0.350. The molecule has 27 heavy (non-hydrogen) atoms. The number of aromatic amines is 1. The van der Waals surface area contributed by atoms with Crippen LogP contribution in [0, 0.1) is 13.8 Å². The lowest BCUT2D eigenvalue weighted by molar-refractivity contribution is -0.705. The van der Waals surface area contributed by atoms with Crippen LogP contribution in [0.3, 0.4) is 0 Å². The molecule has 0 saturated heterocycles. The monoisotopic (exact) mass is 365 g/mol. The normalized spacial score (nSPS) is 13.3. The molecule has 3 rings (SSSR count). The summed E-state index contributed by atoms with van der Waals surface area (Å²) < 4.78 is 5.62. The topological polar surface area (TPSA) is 79.7 Å². The lowest BCUT2D eigenvalue weighted by atomic mass is 10.00. The van der Waals surface area contributed by atoms with Gasteiger partial charge < -0.3 is 14.7 Å². The summed E-state index contributed by atoms with van der Waals surface area (Å²) in [6.07, 6.45) is 1.64. The van der Waals surface area contributed by atoms with Gasteiger partial charge in [0, 0.05) is 16.8 Å². The van der Waals surface area contributed by atoms with Gasteiger partial charge in [-0.25, -0.2) is 0 Å². The molecule has 3 N–H and O–H groups in total. The number of hydrogen-bond donors (Lipinski definition) is 2. The first kappa shape index (κ1) is 18.9. The zero-order valence-corrected chi connectivity index (χ0v) is 16.1. The molecule has 0 fully saturated rings. The number of aryl methyl sites for hydroxylation is 1. The molecule has 3 aromatic rings. The summed E-state index contributed by atoms with van der Waals surface area (Å²) >= 11 is 0. The predicted molar refractivity (Wildman–Crippen MR) is 103 cm³/mol. The first-order chi connectivity index (χ1) is 12.9. The fraction of sp³-hybridized carbons (Fsp3) is 0.273. The Balaban J connectivity index is 1.88. The van der Waals surface area contributed by atoms with Gasteiger partial charge in [-0.2, -0.15) is 0 Å². The Morgan fingerprint density at radius 2 is 1.78 bits per heavy atom. The molecule has 0 radical (unpaired) electrons. The van der Waals surface area contributed by atoms with E-state index in [0.717, 1.165) is 22.6 Å². The number of benzene rings is 1. The Morgan fingerprint density at radius 3 is 2.33 bits per heavy atom. The number of furan rings is 1. The zero-order chi connectivity index (χ0) is 19.6. The molecule has 1 aromatic carbocycles. The van der Waals surface area contributed by atoms with Gasteiger partial charge in [-0.15, -0.1) is 0 Å².